The van der Waals surface area contributed by atoms with E-state index >= 15 is 0 Å². The summed E-state index contributed by atoms with van der Waals surface area (Å²) >= 11 is 2.08. The molecule has 0 aliphatic carbocycles. The first-order valence-corrected chi connectivity index (χ1v) is 6.76. The van der Waals surface area contributed by atoms with Crippen molar-refractivity contribution in [2.24, 2.45) is 11.3 Å². The van der Waals surface area contributed by atoms with Crippen LogP contribution in [0.4, 0.5) is 0 Å². The third kappa shape index (κ3) is 2.65. The highest BCUT2D eigenvalue weighted by atomic mass is 32.2. The standard InChI is InChI=1S/C11H21NOS/c1-11(2)7-12-10(13-8-11)9-4-3-5-14-6-9/h9-10,12H,3-8H2,1-2H3. The Morgan fingerprint density at radius 1 is 1.43 bits per heavy atom. The lowest BCUT2D eigenvalue weighted by molar-refractivity contribution is -0.0823. The van der Waals surface area contributed by atoms with E-state index in [1.54, 1.807) is 0 Å². The topological polar surface area (TPSA) is 21.3 Å². The predicted molar refractivity (Wildman–Crippen MR) is 61.6 cm³/mol. The van der Waals surface area contributed by atoms with Gasteiger partial charge < -0.3 is 4.74 Å². The average molecular weight is 215 g/mol. The SMILES string of the molecule is CC1(C)CNC(C2CCCSC2)OC1. The lowest BCUT2D eigenvalue weighted by Crippen LogP contribution is -2.51. The molecule has 0 aromatic rings. The molecule has 2 saturated heterocycles. The lowest BCUT2D eigenvalue weighted by atomic mass is 9.92. The maximum atomic E-state index is 5.91. The van der Waals surface area contributed by atoms with Gasteiger partial charge in [0.05, 0.1) is 6.61 Å². The molecule has 3 heteroatoms. The van der Waals surface area contributed by atoms with Crippen molar-refractivity contribution in [1.82, 2.24) is 5.32 Å². The molecule has 2 unspecified atom stereocenters. The van der Waals surface area contributed by atoms with Crippen molar-refractivity contribution in [3.05, 3.63) is 0 Å². The van der Waals surface area contributed by atoms with Gasteiger partial charge in [-0.05, 0) is 24.3 Å². The normalized spacial score (nSPS) is 38.1. The minimum absolute atomic E-state index is 0.318. The smallest absolute Gasteiger partial charge is 0.111 e. The molecule has 2 aliphatic rings. The van der Waals surface area contributed by atoms with E-state index in [9.17, 15) is 0 Å². The zero-order chi connectivity index (χ0) is 10.0. The van der Waals surface area contributed by atoms with Gasteiger partial charge in [-0.1, -0.05) is 13.8 Å². The molecule has 0 radical (unpaired) electrons. The molecule has 0 saturated carbocycles. The van der Waals surface area contributed by atoms with Crippen LogP contribution in [-0.2, 0) is 4.74 Å². The van der Waals surface area contributed by atoms with Crippen LogP contribution < -0.4 is 5.32 Å². The molecule has 2 atom stereocenters. The molecule has 0 aromatic carbocycles. The predicted octanol–water partition coefficient (Wildman–Crippen LogP) is 2.10. The van der Waals surface area contributed by atoms with Gasteiger partial charge in [-0.3, -0.25) is 5.32 Å². The highest BCUT2D eigenvalue weighted by Crippen LogP contribution is 2.29. The van der Waals surface area contributed by atoms with Crippen molar-refractivity contribution in [2.75, 3.05) is 24.7 Å². The summed E-state index contributed by atoms with van der Waals surface area (Å²) in [4.78, 5) is 0. The van der Waals surface area contributed by atoms with E-state index in [2.05, 4.69) is 30.9 Å². The zero-order valence-corrected chi connectivity index (χ0v) is 10.0. The Bertz CT molecular complexity index is 180. The van der Waals surface area contributed by atoms with E-state index < -0.39 is 0 Å². The third-order valence-corrected chi connectivity index (χ3v) is 4.30. The second kappa shape index (κ2) is 4.42. The molecule has 2 nitrogen and oxygen atoms in total. The van der Waals surface area contributed by atoms with Gasteiger partial charge in [0.15, 0.2) is 0 Å². The average Bonchev–Trinajstić information content (AvgIpc) is 2.19. The summed E-state index contributed by atoms with van der Waals surface area (Å²) in [5.74, 6) is 3.36. The summed E-state index contributed by atoms with van der Waals surface area (Å²) in [6.45, 7) is 6.52. The minimum Gasteiger partial charge on any atom is -0.362 e. The number of thioether (sulfide) groups is 1. The third-order valence-electron chi connectivity index (χ3n) is 3.06. The van der Waals surface area contributed by atoms with Crippen LogP contribution in [-0.4, -0.2) is 30.9 Å². The summed E-state index contributed by atoms with van der Waals surface area (Å²) in [6.07, 6.45) is 3.03. The molecule has 2 aliphatic heterocycles. The first-order valence-electron chi connectivity index (χ1n) is 5.60. The molecule has 82 valence electrons. The highest BCUT2D eigenvalue weighted by molar-refractivity contribution is 7.99. The van der Waals surface area contributed by atoms with Crippen LogP contribution in [0.2, 0.25) is 0 Å². The fourth-order valence-electron chi connectivity index (χ4n) is 2.11. The van der Waals surface area contributed by atoms with E-state index in [0.717, 1.165) is 19.1 Å². The summed E-state index contributed by atoms with van der Waals surface area (Å²) in [5.41, 5.74) is 0.318. The van der Waals surface area contributed by atoms with Crippen LogP contribution in [0.25, 0.3) is 0 Å². The Morgan fingerprint density at radius 2 is 2.29 bits per heavy atom. The minimum atomic E-state index is 0.318. The van der Waals surface area contributed by atoms with Crippen molar-refractivity contribution >= 4 is 11.8 Å². The highest BCUT2D eigenvalue weighted by Gasteiger charge is 2.32. The van der Waals surface area contributed by atoms with Gasteiger partial charge in [-0.15, -0.1) is 0 Å². The van der Waals surface area contributed by atoms with Crippen molar-refractivity contribution in [2.45, 2.75) is 32.9 Å². The fraction of sp³-hybridized carbons (Fsp3) is 1.00. The summed E-state index contributed by atoms with van der Waals surface area (Å²) < 4.78 is 5.91. The van der Waals surface area contributed by atoms with Crippen molar-refractivity contribution in [3.63, 3.8) is 0 Å². The van der Waals surface area contributed by atoms with Gasteiger partial charge >= 0.3 is 0 Å². The molecule has 0 aromatic heterocycles. The Labute approximate surface area is 91.2 Å². The Hall–Kier alpha value is 0.270. The number of hydrogen-bond acceptors (Lipinski definition) is 3. The number of hydrogen-bond donors (Lipinski definition) is 1. The Morgan fingerprint density at radius 3 is 2.86 bits per heavy atom. The molecule has 1 N–H and O–H groups in total. The molecular formula is C11H21NOS. The van der Waals surface area contributed by atoms with Gasteiger partial charge in [0.2, 0.25) is 0 Å². The molecule has 2 fully saturated rings. The maximum Gasteiger partial charge on any atom is 0.111 e. The number of nitrogens with one attached hydrogen (secondary N) is 1. The summed E-state index contributed by atoms with van der Waals surface area (Å²) in [7, 11) is 0. The van der Waals surface area contributed by atoms with Crippen LogP contribution in [0.5, 0.6) is 0 Å². The first kappa shape index (κ1) is 10.8. The quantitative estimate of drug-likeness (QED) is 0.724. The summed E-state index contributed by atoms with van der Waals surface area (Å²) in [5, 5.41) is 3.54. The van der Waals surface area contributed by atoms with Crippen molar-refractivity contribution < 1.29 is 4.74 Å². The second-order valence-corrected chi connectivity index (χ2v) is 6.40. The van der Waals surface area contributed by atoms with Gasteiger partial charge in [-0.25, -0.2) is 0 Å². The van der Waals surface area contributed by atoms with Crippen LogP contribution in [0, 0.1) is 11.3 Å². The fourth-order valence-corrected chi connectivity index (χ4v) is 3.29. The zero-order valence-electron chi connectivity index (χ0n) is 9.21. The molecule has 2 rings (SSSR count). The molecule has 0 bridgehead atoms. The molecule has 0 spiro atoms. The molecule has 14 heavy (non-hydrogen) atoms. The van der Waals surface area contributed by atoms with Crippen LogP contribution in [0.3, 0.4) is 0 Å². The van der Waals surface area contributed by atoms with Crippen LogP contribution in [0.1, 0.15) is 26.7 Å². The van der Waals surface area contributed by atoms with E-state index in [-0.39, 0.29) is 0 Å². The van der Waals surface area contributed by atoms with Crippen molar-refractivity contribution in [1.29, 1.82) is 0 Å². The van der Waals surface area contributed by atoms with Crippen LogP contribution >= 0.6 is 11.8 Å². The van der Waals surface area contributed by atoms with E-state index in [1.807, 2.05) is 0 Å². The molecule has 0 amide bonds. The number of rotatable bonds is 1. The van der Waals surface area contributed by atoms with E-state index in [4.69, 9.17) is 4.74 Å². The Kier molecular flexibility index (Phi) is 3.40. The monoisotopic (exact) mass is 215 g/mol. The largest absolute Gasteiger partial charge is 0.362 e. The first-order chi connectivity index (χ1) is 6.67. The van der Waals surface area contributed by atoms with Gasteiger partial charge in [0.1, 0.15) is 6.23 Å². The van der Waals surface area contributed by atoms with Crippen molar-refractivity contribution in [3.8, 4) is 0 Å². The van der Waals surface area contributed by atoms with E-state index in [1.165, 1.54) is 24.3 Å². The Balaban J connectivity index is 1.82. The number of ether oxygens (including phenoxy) is 1. The van der Waals surface area contributed by atoms with E-state index in [0.29, 0.717) is 11.6 Å². The van der Waals surface area contributed by atoms with Gasteiger partial charge in [0.25, 0.3) is 0 Å². The molecular weight excluding hydrogens is 194 g/mol. The maximum absolute atomic E-state index is 5.91. The molecule has 2 heterocycles. The van der Waals surface area contributed by atoms with Gasteiger partial charge in [0, 0.05) is 17.9 Å². The lowest BCUT2D eigenvalue weighted by Gasteiger charge is -2.40. The second-order valence-electron chi connectivity index (χ2n) is 5.25. The van der Waals surface area contributed by atoms with Gasteiger partial charge in [-0.2, -0.15) is 11.8 Å². The van der Waals surface area contributed by atoms with Crippen LogP contribution in [0.15, 0.2) is 0 Å². The summed E-state index contributed by atoms with van der Waals surface area (Å²) in [6, 6.07) is 0.